The second kappa shape index (κ2) is 16.4. The van der Waals surface area contributed by atoms with Gasteiger partial charge in [0, 0.05) is 29.5 Å². The molecule has 0 atom stereocenters. The maximum Gasteiger partial charge on any atom is 0.413 e. The average Bonchev–Trinajstić information content (AvgIpc) is 3.62. The van der Waals surface area contributed by atoms with E-state index in [0.717, 1.165) is 0 Å². The highest BCUT2D eigenvalue weighted by Crippen LogP contribution is 2.33. The van der Waals surface area contributed by atoms with Crippen LogP contribution in [0.4, 0.5) is 10.5 Å². The minimum Gasteiger partial charge on any atom is -0.465 e. The Bertz CT molecular complexity index is 1810. The molecule has 3 aromatic carbocycles. The van der Waals surface area contributed by atoms with Gasteiger partial charge in [0.2, 0.25) is 0 Å². The van der Waals surface area contributed by atoms with E-state index in [1.807, 2.05) is 0 Å². The van der Waals surface area contributed by atoms with Crippen LogP contribution in [0.2, 0.25) is 0 Å². The van der Waals surface area contributed by atoms with E-state index >= 15 is 0 Å². The van der Waals surface area contributed by atoms with Gasteiger partial charge in [-0.2, -0.15) is 0 Å². The third-order valence-corrected chi connectivity index (χ3v) is 6.78. The number of amidine groups is 1. The largest absolute Gasteiger partial charge is 0.465 e. The summed E-state index contributed by atoms with van der Waals surface area (Å²) in [5.74, 6) is -1.65. The molecule has 256 valence electrons. The molecule has 49 heavy (non-hydrogen) atoms. The highest BCUT2D eigenvalue weighted by Gasteiger charge is 2.23. The quantitative estimate of drug-likeness (QED) is 0.0388. The van der Waals surface area contributed by atoms with Crippen LogP contribution in [-0.4, -0.2) is 69.6 Å². The number of alkyl carbamates (subject to hydrolysis) is 1. The maximum absolute atomic E-state index is 13.9. The van der Waals surface area contributed by atoms with E-state index in [2.05, 4.69) is 10.6 Å². The fraction of sp³-hybridized carbons (Fsp3) is 0.250. The lowest BCUT2D eigenvalue weighted by molar-refractivity contribution is -0.0436. The normalized spacial score (nSPS) is 11.0. The zero-order valence-electron chi connectivity index (χ0n) is 27.7. The monoisotopic (exact) mass is 671 g/mol. The lowest BCUT2D eigenvalue weighted by Gasteiger charge is -2.19. The predicted octanol–water partition coefficient (Wildman–Crippen LogP) is 6.28. The van der Waals surface area contributed by atoms with Crippen molar-refractivity contribution in [2.45, 2.75) is 26.4 Å². The number of rotatable bonds is 12. The van der Waals surface area contributed by atoms with E-state index in [4.69, 9.17) is 33.5 Å². The molecule has 1 aromatic heterocycles. The first kappa shape index (κ1) is 36.1. The standard InChI is InChI=1S/C36H37N3O10/c1-36(2,3)49-35(43)39-31(37)22-8-12-25(13-9-22)38-32(40)28-19-23(30-7-6-16-47-30)10-14-26(28)27-15-11-24(20-29(27)34(42)45-5)33(41)48-21-46-18-17-44-4/h6-16,19-20H,17-18,21H2,1-5H3,(H,38,40)(H2,37,39,43). The third-order valence-electron chi connectivity index (χ3n) is 6.78. The molecule has 0 aliphatic carbocycles. The number of furan rings is 1. The molecule has 3 N–H and O–H groups in total. The van der Waals surface area contributed by atoms with Crippen molar-refractivity contribution < 1.29 is 47.3 Å². The molecule has 0 fully saturated rings. The second-order valence-electron chi connectivity index (χ2n) is 11.5. The smallest absolute Gasteiger partial charge is 0.413 e. The highest BCUT2D eigenvalue weighted by molar-refractivity contribution is 6.12. The number of ether oxygens (including phenoxy) is 5. The second-order valence-corrected chi connectivity index (χ2v) is 11.5. The Balaban J connectivity index is 1.64. The molecule has 13 nitrogen and oxygen atoms in total. The fourth-order valence-electron chi connectivity index (χ4n) is 4.52. The molecule has 0 radical (unpaired) electrons. The van der Waals surface area contributed by atoms with E-state index in [-0.39, 0.29) is 35.9 Å². The predicted molar refractivity (Wildman–Crippen MR) is 180 cm³/mol. The van der Waals surface area contributed by atoms with Gasteiger partial charge in [-0.1, -0.05) is 18.2 Å². The lowest BCUT2D eigenvalue weighted by Crippen LogP contribution is -2.36. The molecule has 0 bridgehead atoms. The first-order chi connectivity index (χ1) is 23.4. The number of carbonyl (C=O) groups is 4. The van der Waals surface area contributed by atoms with Gasteiger partial charge in [-0.05, 0) is 86.5 Å². The number of esters is 2. The van der Waals surface area contributed by atoms with Crippen LogP contribution in [-0.2, 0) is 23.7 Å². The van der Waals surface area contributed by atoms with Crippen molar-refractivity contribution in [3.63, 3.8) is 0 Å². The molecule has 0 aliphatic heterocycles. The summed E-state index contributed by atoms with van der Waals surface area (Å²) in [4.78, 5) is 51.7. The summed E-state index contributed by atoms with van der Waals surface area (Å²) < 4.78 is 31.0. The van der Waals surface area contributed by atoms with Crippen molar-refractivity contribution in [3.05, 3.63) is 101 Å². The van der Waals surface area contributed by atoms with Crippen LogP contribution in [0, 0.1) is 5.41 Å². The van der Waals surface area contributed by atoms with E-state index < -0.39 is 29.5 Å². The van der Waals surface area contributed by atoms with Crippen molar-refractivity contribution in [2.75, 3.05) is 39.5 Å². The number of amides is 2. The number of benzene rings is 3. The summed E-state index contributed by atoms with van der Waals surface area (Å²) in [6.07, 6.45) is 0.748. The van der Waals surface area contributed by atoms with Crippen molar-refractivity contribution in [3.8, 4) is 22.5 Å². The van der Waals surface area contributed by atoms with Gasteiger partial charge < -0.3 is 33.4 Å². The zero-order chi connectivity index (χ0) is 35.6. The first-order valence-electron chi connectivity index (χ1n) is 15.0. The van der Waals surface area contributed by atoms with Gasteiger partial charge in [0.25, 0.3) is 5.91 Å². The number of carbonyl (C=O) groups excluding carboxylic acids is 4. The van der Waals surface area contributed by atoms with E-state index in [1.54, 1.807) is 75.4 Å². The Morgan fingerprint density at radius 1 is 0.816 bits per heavy atom. The number of hydrogen-bond donors (Lipinski definition) is 3. The lowest BCUT2D eigenvalue weighted by atomic mass is 9.91. The molecule has 1 heterocycles. The van der Waals surface area contributed by atoms with Crippen LogP contribution >= 0.6 is 0 Å². The van der Waals surface area contributed by atoms with Gasteiger partial charge in [0.15, 0.2) is 6.79 Å². The molecule has 13 heteroatoms. The number of nitrogens with one attached hydrogen (secondary N) is 3. The molecule has 4 aromatic rings. The molecule has 0 unspecified atom stereocenters. The van der Waals surface area contributed by atoms with Crippen molar-refractivity contribution >= 4 is 35.5 Å². The Kier molecular flexibility index (Phi) is 12.0. The Morgan fingerprint density at radius 2 is 1.51 bits per heavy atom. The number of methoxy groups -OCH3 is 2. The van der Waals surface area contributed by atoms with Crippen LogP contribution in [0.25, 0.3) is 22.5 Å². The highest BCUT2D eigenvalue weighted by atomic mass is 16.7. The molecular formula is C36H37N3O10. The van der Waals surface area contributed by atoms with E-state index in [0.29, 0.717) is 40.3 Å². The Labute approximate surface area is 283 Å². The van der Waals surface area contributed by atoms with Crippen LogP contribution in [0.15, 0.2) is 83.5 Å². The minimum atomic E-state index is -0.762. The summed E-state index contributed by atoms with van der Waals surface area (Å²) in [5, 5.41) is 13.4. The Morgan fingerprint density at radius 3 is 2.16 bits per heavy atom. The van der Waals surface area contributed by atoms with Crippen molar-refractivity contribution in [1.29, 1.82) is 5.41 Å². The van der Waals surface area contributed by atoms with Crippen LogP contribution in [0.1, 0.15) is 57.4 Å². The van der Waals surface area contributed by atoms with Gasteiger partial charge in [0.1, 0.15) is 17.2 Å². The summed E-state index contributed by atoms with van der Waals surface area (Å²) >= 11 is 0. The van der Waals surface area contributed by atoms with Crippen molar-refractivity contribution in [1.82, 2.24) is 5.32 Å². The SMILES string of the molecule is COCCOCOC(=O)c1ccc(-c2ccc(-c3ccco3)cc2C(=O)Nc2ccc(C(=N)NC(=O)OC(C)(C)C)cc2)c(C(=O)OC)c1. The molecule has 0 saturated heterocycles. The third kappa shape index (κ3) is 9.86. The number of anilines is 1. The van der Waals surface area contributed by atoms with E-state index in [9.17, 15) is 19.2 Å². The fourth-order valence-corrected chi connectivity index (χ4v) is 4.52. The van der Waals surface area contributed by atoms with Crippen LogP contribution in [0.3, 0.4) is 0 Å². The van der Waals surface area contributed by atoms with Gasteiger partial charge >= 0.3 is 18.0 Å². The molecular weight excluding hydrogens is 634 g/mol. The van der Waals surface area contributed by atoms with Crippen LogP contribution < -0.4 is 10.6 Å². The first-order valence-corrected chi connectivity index (χ1v) is 15.0. The van der Waals surface area contributed by atoms with Gasteiger partial charge in [0.05, 0.1) is 37.7 Å². The topological polar surface area (TPSA) is 175 Å². The Hall–Kier alpha value is -5.79. The zero-order valence-corrected chi connectivity index (χ0v) is 27.7. The molecule has 4 rings (SSSR count). The van der Waals surface area contributed by atoms with Crippen molar-refractivity contribution in [2.24, 2.45) is 0 Å². The average molecular weight is 672 g/mol. The van der Waals surface area contributed by atoms with Crippen LogP contribution in [0.5, 0.6) is 0 Å². The summed E-state index contributed by atoms with van der Waals surface area (Å²) in [7, 11) is 2.73. The number of hydrogen-bond acceptors (Lipinski definition) is 11. The molecule has 0 aliphatic rings. The molecule has 0 saturated carbocycles. The summed E-state index contributed by atoms with van der Waals surface area (Å²) in [5.41, 5.74) is 1.63. The van der Waals surface area contributed by atoms with Gasteiger partial charge in [-0.3, -0.25) is 15.5 Å². The summed E-state index contributed by atoms with van der Waals surface area (Å²) in [6.45, 7) is 5.40. The minimum absolute atomic E-state index is 0.0254. The van der Waals surface area contributed by atoms with Gasteiger partial charge in [-0.15, -0.1) is 0 Å². The molecule has 2 amide bonds. The molecule has 0 spiro atoms. The maximum atomic E-state index is 13.9. The summed E-state index contributed by atoms with van der Waals surface area (Å²) in [6, 6.07) is 19.1. The van der Waals surface area contributed by atoms with E-state index in [1.165, 1.54) is 38.7 Å². The van der Waals surface area contributed by atoms with Gasteiger partial charge in [-0.25, -0.2) is 14.4 Å².